The maximum Gasteiger partial charge on any atom is 0.162 e. The van der Waals surface area contributed by atoms with E-state index in [1.54, 1.807) is 0 Å². The number of rotatable bonds is 1. The topological polar surface area (TPSA) is 25.8 Å². The average molecular weight is 253 g/mol. The molecule has 0 saturated heterocycles. The van der Waals surface area contributed by atoms with Crippen LogP contribution in [0.4, 0.5) is 0 Å². The highest BCUT2D eigenvalue weighted by atomic mass is 35.5. The Morgan fingerprint density at radius 3 is 2.25 bits per heavy atom. The summed E-state index contributed by atoms with van der Waals surface area (Å²) in [6.07, 6.45) is 0. The van der Waals surface area contributed by atoms with Crippen molar-refractivity contribution in [2.75, 3.05) is 0 Å². The summed E-state index contributed by atoms with van der Waals surface area (Å²) in [4.78, 5) is 8.35. The Labute approximate surface area is 104 Å². The van der Waals surface area contributed by atoms with E-state index in [2.05, 4.69) is 9.97 Å². The second-order valence-corrected chi connectivity index (χ2v) is 4.36. The van der Waals surface area contributed by atoms with Gasteiger partial charge in [0.15, 0.2) is 5.82 Å². The lowest BCUT2D eigenvalue weighted by atomic mass is 10.0. The third-order valence-electron chi connectivity index (χ3n) is 2.51. The SMILES string of the molecule is Cc1cccc(-c2nc(Cl)cc(Cl)n2)c1C. The molecule has 82 valence electrons. The standard InChI is InChI=1S/C12H10Cl2N2/c1-7-4-3-5-9(8(7)2)12-15-10(13)6-11(14)16-12/h3-6H,1-2H3. The van der Waals surface area contributed by atoms with Gasteiger partial charge in [-0.1, -0.05) is 41.4 Å². The van der Waals surface area contributed by atoms with E-state index >= 15 is 0 Å². The molecule has 0 saturated carbocycles. The third-order valence-corrected chi connectivity index (χ3v) is 2.90. The summed E-state index contributed by atoms with van der Waals surface area (Å²) in [5.41, 5.74) is 3.29. The molecule has 0 bridgehead atoms. The van der Waals surface area contributed by atoms with Crippen LogP contribution in [0.2, 0.25) is 10.3 Å². The number of halogens is 2. The fourth-order valence-corrected chi connectivity index (χ4v) is 1.93. The van der Waals surface area contributed by atoms with Crippen LogP contribution < -0.4 is 0 Å². The van der Waals surface area contributed by atoms with Crippen molar-refractivity contribution in [3.05, 3.63) is 45.7 Å². The van der Waals surface area contributed by atoms with E-state index in [0.717, 1.165) is 11.1 Å². The molecule has 0 amide bonds. The van der Waals surface area contributed by atoms with E-state index in [4.69, 9.17) is 23.2 Å². The highest BCUT2D eigenvalue weighted by Gasteiger charge is 2.08. The number of hydrogen-bond acceptors (Lipinski definition) is 2. The normalized spacial score (nSPS) is 10.5. The minimum absolute atomic E-state index is 0.357. The molecule has 4 heteroatoms. The number of hydrogen-bond donors (Lipinski definition) is 0. The van der Waals surface area contributed by atoms with Gasteiger partial charge < -0.3 is 0 Å². The van der Waals surface area contributed by atoms with Gasteiger partial charge in [0, 0.05) is 11.6 Å². The van der Waals surface area contributed by atoms with E-state index in [-0.39, 0.29) is 0 Å². The van der Waals surface area contributed by atoms with Crippen LogP contribution >= 0.6 is 23.2 Å². The number of aromatic nitrogens is 2. The van der Waals surface area contributed by atoms with Crippen LogP contribution in [0.1, 0.15) is 11.1 Å². The van der Waals surface area contributed by atoms with Crippen molar-refractivity contribution >= 4 is 23.2 Å². The summed E-state index contributed by atoms with van der Waals surface area (Å²) in [6, 6.07) is 7.50. The summed E-state index contributed by atoms with van der Waals surface area (Å²) in [5.74, 6) is 0.568. The van der Waals surface area contributed by atoms with E-state index < -0.39 is 0 Å². The molecule has 2 nitrogen and oxygen atoms in total. The second kappa shape index (κ2) is 4.40. The summed E-state index contributed by atoms with van der Waals surface area (Å²) >= 11 is 11.7. The lowest BCUT2D eigenvalue weighted by molar-refractivity contribution is 1.16. The van der Waals surface area contributed by atoms with Crippen molar-refractivity contribution in [3.63, 3.8) is 0 Å². The second-order valence-electron chi connectivity index (χ2n) is 3.58. The minimum Gasteiger partial charge on any atom is -0.216 e. The molecule has 0 aliphatic heterocycles. The first-order valence-electron chi connectivity index (χ1n) is 4.84. The Balaban J connectivity index is 2.63. The average Bonchev–Trinajstić information content (AvgIpc) is 2.20. The zero-order valence-corrected chi connectivity index (χ0v) is 10.5. The van der Waals surface area contributed by atoms with Crippen LogP contribution in [0, 0.1) is 13.8 Å². The van der Waals surface area contributed by atoms with Crippen LogP contribution in [-0.2, 0) is 0 Å². The van der Waals surface area contributed by atoms with Crippen LogP contribution in [0.25, 0.3) is 11.4 Å². The Bertz CT molecular complexity index is 518. The van der Waals surface area contributed by atoms with Gasteiger partial charge in [0.25, 0.3) is 0 Å². The third kappa shape index (κ3) is 2.18. The molecule has 0 radical (unpaired) electrons. The first-order chi connectivity index (χ1) is 7.58. The first-order valence-corrected chi connectivity index (χ1v) is 5.60. The van der Waals surface area contributed by atoms with Crippen molar-refractivity contribution in [2.45, 2.75) is 13.8 Å². The highest BCUT2D eigenvalue weighted by molar-refractivity contribution is 6.33. The fraction of sp³-hybridized carbons (Fsp3) is 0.167. The molecule has 0 unspecified atom stereocenters. The zero-order valence-electron chi connectivity index (χ0n) is 8.96. The van der Waals surface area contributed by atoms with Crippen molar-refractivity contribution < 1.29 is 0 Å². The van der Waals surface area contributed by atoms with E-state index in [1.165, 1.54) is 11.6 Å². The summed E-state index contributed by atoms with van der Waals surface area (Å²) in [6.45, 7) is 4.08. The molecule has 0 aliphatic rings. The van der Waals surface area contributed by atoms with Gasteiger partial charge in [-0.15, -0.1) is 0 Å². The Morgan fingerprint density at radius 2 is 1.62 bits per heavy atom. The predicted molar refractivity (Wildman–Crippen MR) is 67.0 cm³/mol. The molecule has 2 rings (SSSR count). The van der Waals surface area contributed by atoms with Crippen molar-refractivity contribution in [3.8, 4) is 11.4 Å². The molecule has 0 fully saturated rings. The van der Waals surface area contributed by atoms with Crippen LogP contribution in [0.5, 0.6) is 0 Å². The predicted octanol–water partition coefficient (Wildman–Crippen LogP) is 4.07. The molecule has 0 aliphatic carbocycles. The quantitative estimate of drug-likeness (QED) is 0.716. The molecular formula is C12H10Cl2N2. The van der Waals surface area contributed by atoms with Gasteiger partial charge in [-0.25, -0.2) is 9.97 Å². The molecule has 0 spiro atoms. The Hall–Kier alpha value is -1.12. The van der Waals surface area contributed by atoms with Crippen LogP contribution in [0.15, 0.2) is 24.3 Å². The number of nitrogens with zero attached hydrogens (tertiary/aromatic N) is 2. The molecule has 1 heterocycles. The van der Waals surface area contributed by atoms with E-state index in [1.807, 2.05) is 32.0 Å². The monoisotopic (exact) mass is 252 g/mol. The van der Waals surface area contributed by atoms with Gasteiger partial charge in [-0.3, -0.25) is 0 Å². The lowest BCUT2D eigenvalue weighted by Crippen LogP contribution is -1.93. The molecular weight excluding hydrogens is 243 g/mol. The summed E-state index contributed by atoms with van der Waals surface area (Å²) in [5, 5.41) is 0.715. The van der Waals surface area contributed by atoms with Gasteiger partial charge in [-0.05, 0) is 25.0 Å². The van der Waals surface area contributed by atoms with Gasteiger partial charge in [0.1, 0.15) is 10.3 Å². The first kappa shape index (κ1) is 11.4. The fourth-order valence-electron chi connectivity index (χ4n) is 1.50. The largest absolute Gasteiger partial charge is 0.216 e. The van der Waals surface area contributed by atoms with Crippen LogP contribution in [0.3, 0.4) is 0 Å². The van der Waals surface area contributed by atoms with E-state index in [0.29, 0.717) is 16.1 Å². The molecule has 2 aromatic rings. The van der Waals surface area contributed by atoms with Crippen molar-refractivity contribution in [1.29, 1.82) is 0 Å². The minimum atomic E-state index is 0.357. The van der Waals surface area contributed by atoms with Crippen molar-refractivity contribution in [1.82, 2.24) is 9.97 Å². The summed E-state index contributed by atoms with van der Waals surface area (Å²) < 4.78 is 0. The molecule has 1 aromatic carbocycles. The molecule has 0 N–H and O–H groups in total. The van der Waals surface area contributed by atoms with Gasteiger partial charge >= 0.3 is 0 Å². The Morgan fingerprint density at radius 1 is 1.00 bits per heavy atom. The zero-order chi connectivity index (χ0) is 11.7. The maximum atomic E-state index is 5.86. The van der Waals surface area contributed by atoms with Crippen molar-refractivity contribution in [2.24, 2.45) is 0 Å². The maximum absolute atomic E-state index is 5.86. The highest BCUT2D eigenvalue weighted by Crippen LogP contribution is 2.24. The molecule has 0 atom stereocenters. The van der Waals surface area contributed by atoms with Gasteiger partial charge in [-0.2, -0.15) is 0 Å². The van der Waals surface area contributed by atoms with Crippen LogP contribution in [-0.4, -0.2) is 9.97 Å². The molecule has 16 heavy (non-hydrogen) atoms. The summed E-state index contributed by atoms with van der Waals surface area (Å²) in [7, 11) is 0. The van der Waals surface area contributed by atoms with Gasteiger partial charge in [0.2, 0.25) is 0 Å². The molecule has 1 aromatic heterocycles. The Kier molecular flexibility index (Phi) is 3.13. The van der Waals surface area contributed by atoms with E-state index in [9.17, 15) is 0 Å². The number of benzene rings is 1. The van der Waals surface area contributed by atoms with Gasteiger partial charge in [0.05, 0.1) is 0 Å². The number of aryl methyl sites for hydroxylation is 1. The lowest BCUT2D eigenvalue weighted by Gasteiger charge is -2.07. The smallest absolute Gasteiger partial charge is 0.162 e.